The number of aromatic nitrogens is 2. The van der Waals surface area contributed by atoms with Crippen molar-refractivity contribution in [3.8, 4) is 11.4 Å². The van der Waals surface area contributed by atoms with Crippen molar-refractivity contribution in [1.82, 2.24) is 15.3 Å². The highest BCUT2D eigenvalue weighted by Gasteiger charge is 2.11. The van der Waals surface area contributed by atoms with Crippen LogP contribution in [-0.4, -0.2) is 16.0 Å². The van der Waals surface area contributed by atoms with Crippen molar-refractivity contribution in [3.63, 3.8) is 0 Å². The van der Waals surface area contributed by atoms with Gasteiger partial charge >= 0.3 is 0 Å². The maximum absolute atomic E-state index is 6.05. The molecule has 5 heteroatoms. The van der Waals surface area contributed by atoms with Gasteiger partial charge in [-0.2, -0.15) is 0 Å². The van der Waals surface area contributed by atoms with Crippen LogP contribution >= 0.6 is 23.2 Å². The lowest BCUT2D eigenvalue weighted by Gasteiger charge is -2.14. The molecule has 0 fully saturated rings. The lowest BCUT2D eigenvalue weighted by Crippen LogP contribution is -2.23. The smallest absolute Gasteiger partial charge is 0.159 e. The summed E-state index contributed by atoms with van der Waals surface area (Å²) in [5, 5.41) is 4.57. The monoisotopic (exact) mass is 323 g/mol. The summed E-state index contributed by atoms with van der Waals surface area (Å²) >= 11 is 12.1. The second-order valence-corrected chi connectivity index (χ2v) is 6.26. The molecule has 1 aromatic heterocycles. The largest absolute Gasteiger partial charge is 0.310 e. The highest BCUT2D eigenvalue weighted by Crippen LogP contribution is 2.26. The summed E-state index contributed by atoms with van der Waals surface area (Å²) in [7, 11) is 0. The Balaban J connectivity index is 2.39. The van der Waals surface area contributed by atoms with Crippen molar-refractivity contribution in [3.05, 3.63) is 45.2 Å². The quantitative estimate of drug-likeness (QED) is 0.895. The van der Waals surface area contributed by atoms with Gasteiger partial charge in [-0.05, 0) is 32.0 Å². The highest BCUT2D eigenvalue weighted by atomic mass is 35.5. The van der Waals surface area contributed by atoms with Crippen molar-refractivity contribution in [1.29, 1.82) is 0 Å². The first kappa shape index (κ1) is 16.2. The van der Waals surface area contributed by atoms with Gasteiger partial charge in [0.2, 0.25) is 0 Å². The Bertz CT molecular complexity index is 611. The Morgan fingerprint density at radius 1 is 1.00 bits per heavy atom. The molecule has 0 bridgehead atoms. The van der Waals surface area contributed by atoms with E-state index in [0.717, 1.165) is 29.1 Å². The van der Waals surface area contributed by atoms with Crippen LogP contribution in [0.4, 0.5) is 0 Å². The summed E-state index contributed by atoms with van der Waals surface area (Å²) in [6, 6.07) is 5.78. The van der Waals surface area contributed by atoms with Gasteiger partial charge in [0.05, 0.1) is 0 Å². The fraction of sp³-hybridized carbons (Fsp3) is 0.375. The Morgan fingerprint density at radius 3 is 2.00 bits per heavy atom. The predicted molar refractivity (Wildman–Crippen MR) is 88.9 cm³/mol. The molecule has 0 aliphatic carbocycles. The molecule has 0 aliphatic rings. The van der Waals surface area contributed by atoms with Gasteiger partial charge in [-0.1, -0.05) is 37.0 Å². The van der Waals surface area contributed by atoms with E-state index in [9.17, 15) is 0 Å². The second kappa shape index (κ2) is 6.73. The molecule has 0 atom stereocenters. The van der Waals surface area contributed by atoms with E-state index in [4.69, 9.17) is 23.2 Å². The average Bonchev–Trinajstić information content (AvgIpc) is 2.36. The lowest BCUT2D eigenvalue weighted by atomic mass is 10.1. The minimum atomic E-state index is 0.426. The molecule has 21 heavy (non-hydrogen) atoms. The van der Waals surface area contributed by atoms with Gasteiger partial charge in [-0.25, -0.2) is 9.97 Å². The van der Waals surface area contributed by atoms with Crippen LogP contribution in [0.1, 0.15) is 30.8 Å². The van der Waals surface area contributed by atoms with Crippen molar-refractivity contribution >= 4 is 23.2 Å². The maximum atomic E-state index is 6.05. The molecular formula is C16H19Cl2N3. The number of aryl methyl sites for hydroxylation is 2. The van der Waals surface area contributed by atoms with Crippen molar-refractivity contribution < 1.29 is 0 Å². The van der Waals surface area contributed by atoms with Crippen LogP contribution in [0, 0.1) is 13.8 Å². The fourth-order valence-corrected chi connectivity index (χ4v) is 2.64. The van der Waals surface area contributed by atoms with Gasteiger partial charge < -0.3 is 5.32 Å². The Morgan fingerprint density at radius 2 is 1.52 bits per heavy atom. The third-order valence-corrected chi connectivity index (χ3v) is 3.66. The zero-order chi connectivity index (χ0) is 15.6. The van der Waals surface area contributed by atoms with Crippen molar-refractivity contribution in [2.75, 3.05) is 0 Å². The molecule has 0 unspecified atom stereocenters. The van der Waals surface area contributed by atoms with E-state index in [-0.39, 0.29) is 0 Å². The summed E-state index contributed by atoms with van der Waals surface area (Å²) in [4.78, 5) is 9.19. The van der Waals surface area contributed by atoms with Crippen LogP contribution in [0.25, 0.3) is 11.4 Å². The molecule has 0 spiro atoms. The predicted octanol–water partition coefficient (Wildman–Crippen LogP) is 4.57. The van der Waals surface area contributed by atoms with Crippen LogP contribution in [0.5, 0.6) is 0 Å². The molecule has 2 aromatic rings. The molecule has 0 amide bonds. The molecule has 2 rings (SSSR count). The van der Waals surface area contributed by atoms with Crippen LogP contribution in [-0.2, 0) is 6.54 Å². The maximum Gasteiger partial charge on any atom is 0.159 e. The molecule has 0 saturated carbocycles. The second-order valence-electron chi connectivity index (χ2n) is 5.39. The van der Waals surface area contributed by atoms with E-state index in [1.807, 2.05) is 26.0 Å². The third-order valence-electron chi connectivity index (χ3n) is 3.23. The first-order valence-corrected chi connectivity index (χ1v) is 7.66. The lowest BCUT2D eigenvalue weighted by molar-refractivity contribution is 0.583. The van der Waals surface area contributed by atoms with E-state index in [1.165, 1.54) is 0 Å². The number of benzene rings is 1. The normalized spacial score (nSPS) is 11.2. The van der Waals surface area contributed by atoms with E-state index in [2.05, 4.69) is 29.1 Å². The number of nitrogens with zero attached hydrogens (tertiary/aromatic N) is 2. The van der Waals surface area contributed by atoms with Gasteiger partial charge in [0, 0.05) is 45.1 Å². The summed E-state index contributed by atoms with van der Waals surface area (Å²) < 4.78 is 0. The molecule has 1 heterocycles. The first-order valence-electron chi connectivity index (χ1n) is 6.90. The fourth-order valence-electron chi connectivity index (χ4n) is 2.11. The molecule has 1 N–H and O–H groups in total. The van der Waals surface area contributed by atoms with Crippen LogP contribution in [0.3, 0.4) is 0 Å². The number of hydrogen-bond donors (Lipinski definition) is 1. The summed E-state index contributed by atoms with van der Waals surface area (Å²) in [5.74, 6) is 0.655. The number of halogens is 2. The Kier molecular flexibility index (Phi) is 5.20. The minimum Gasteiger partial charge on any atom is -0.310 e. The van der Waals surface area contributed by atoms with E-state index in [0.29, 0.717) is 21.9 Å². The summed E-state index contributed by atoms with van der Waals surface area (Å²) in [6.07, 6.45) is 0. The summed E-state index contributed by atoms with van der Waals surface area (Å²) in [5.41, 5.74) is 3.92. The number of hydrogen-bond acceptors (Lipinski definition) is 3. The van der Waals surface area contributed by atoms with Crippen LogP contribution in [0.2, 0.25) is 10.0 Å². The Hall–Kier alpha value is -1.16. The summed E-state index contributed by atoms with van der Waals surface area (Å²) in [6.45, 7) is 9.01. The van der Waals surface area contributed by atoms with E-state index < -0.39 is 0 Å². The van der Waals surface area contributed by atoms with Crippen molar-refractivity contribution in [2.45, 2.75) is 40.3 Å². The SMILES string of the molecule is Cc1nc(-c2cc(Cl)cc(Cl)c2)nc(C)c1CNC(C)C. The Labute approximate surface area is 135 Å². The van der Waals surface area contributed by atoms with Gasteiger partial charge in [-0.15, -0.1) is 0 Å². The topological polar surface area (TPSA) is 37.8 Å². The molecule has 3 nitrogen and oxygen atoms in total. The average molecular weight is 324 g/mol. The third kappa shape index (κ3) is 4.16. The number of nitrogens with one attached hydrogen (secondary N) is 1. The van der Waals surface area contributed by atoms with Crippen LogP contribution < -0.4 is 5.32 Å². The molecule has 0 saturated heterocycles. The first-order chi connectivity index (χ1) is 9.86. The molecule has 1 aromatic carbocycles. The molecular weight excluding hydrogens is 305 g/mol. The van der Waals surface area contributed by atoms with Crippen molar-refractivity contribution in [2.24, 2.45) is 0 Å². The molecule has 0 aliphatic heterocycles. The van der Waals surface area contributed by atoms with Gasteiger partial charge in [0.1, 0.15) is 0 Å². The zero-order valence-electron chi connectivity index (χ0n) is 12.7. The van der Waals surface area contributed by atoms with Gasteiger partial charge in [0.15, 0.2) is 5.82 Å². The van der Waals surface area contributed by atoms with Gasteiger partial charge in [-0.3, -0.25) is 0 Å². The van der Waals surface area contributed by atoms with E-state index >= 15 is 0 Å². The zero-order valence-corrected chi connectivity index (χ0v) is 14.2. The number of rotatable bonds is 4. The minimum absolute atomic E-state index is 0.426. The highest BCUT2D eigenvalue weighted by molar-refractivity contribution is 6.35. The molecule has 112 valence electrons. The van der Waals surface area contributed by atoms with Crippen LogP contribution in [0.15, 0.2) is 18.2 Å². The van der Waals surface area contributed by atoms with E-state index in [1.54, 1.807) is 6.07 Å². The molecule has 0 radical (unpaired) electrons. The van der Waals surface area contributed by atoms with Gasteiger partial charge in [0.25, 0.3) is 0 Å². The standard InChI is InChI=1S/C16H19Cl2N3/c1-9(2)19-8-15-10(3)20-16(21-11(15)4)12-5-13(17)7-14(18)6-12/h5-7,9,19H,8H2,1-4H3.